The number of benzene rings is 1. The Kier molecular flexibility index (Phi) is 5.00. The molecule has 0 bridgehead atoms. The lowest BCUT2D eigenvalue weighted by Crippen LogP contribution is -2.29. The molecule has 2 aromatic heterocycles. The van der Waals surface area contributed by atoms with Crippen molar-refractivity contribution in [3.63, 3.8) is 0 Å². The average molecular weight is 413 g/mol. The summed E-state index contributed by atoms with van der Waals surface area (Å²) in [5.41, 5.74) is -0.350. The number of alkyl halides is 3. The Bertz CT molecular complexity index is 1080. The minimum Gasteiger partial charge on any atom is -0.313 e. The first kappa shape index (κ1) is 19.3. The zero-order valence-electron chi connectivity index (χ0n) is 13.6. The number of sulfone groups is 1. The van der Waals surface area contributed by atoms with E-state index in [1.807, 2.05) is 0 Å². The van der Waals surface area contributed by atoms with E-state index in [9.17, 15) is 26.4 Å². The fourth-order valence-electron chi connectivity index (χ4n) is 1.99. The zero-order chi connectivity index (χ0) is 20.4. The summed E-state index contributed by atoms with van der Waals surface area (Å²) < 4.78 is 65.0. The van der Waals surface area contributed by atoms with E-state index < -0.39 is 26.1 Å². The molecule has 28 heavy (non-hydrogen) atoms. The molecule has 9 nitrogen and oxygen atoms in total. The van der Waals surface area contributed by atoms with Crippen molar-refractivity contribution in [3.05, 3.63) is 54.4 Å². The van der Waals surface area contributed by atoms with Gasteiger partial charge >= 0.3 is 11.5 Å². The number of nitrogens with one attached hydrogen (secondary N) is 2. The molecule has 3 aromatic rings. The third-order valence-electron chi connectivity index (χ3n) is 3.38. The van der Waals surface area contributed by atoms with Gasteiger partial charge in [0.05, 0.1) is 4.90 Å². The van der Waals surface area contributed by atoms with Crippen molar-refractivity contribution in [2.75, 3.05) is 5.43 Å². The van der Waals surface area contributed by atoms with Gasteiger partial charge in [-0.25, -0.2) is 13.8 Å². The van der Waals surface area contributed by atoms with Crippen molar-refractivity contribution in [1.82, 2.24) is 20.6 Å². The van der Waals surface area contributed by atoms with Gasteiger partial charge in [0.2, 0.25) is 5.82 Å². The van der Waals surface area contributed by atoms with E-state index in [-0.39, 0.29) is 17.4 Å². The van der Waals surface area contributed by atoms with Gasteiger partial charge in [-0.1, -0.05) is 5.16 Å². The molecule has 146 valence electrons. The van der Waals surface area contributed by atoms with E-state index in [1.165, 1.54) is 12.4 Å². The topological polar surface area (TPSA) is 127 Å². The van der Waals surface area contributed by atoms with Gasteiger partial charge in [-0.3, -0.25) is 15.2 Å². The molecule has 1 amide bonds. The molecule has 2 N–H and O–H groups in total. The van der Waals surface area contributed by atoms with Gasteiger partial charge in [-0.05, 0) is 36.4 Å². The van der Waals surface area contributed by atoms with Crippen LogP contribution in [0.1, 0.15) is 10.4 Å². The molecule has 0 atom stereocenters. The maximum absolute atomic E-state index is 12.5. The largest absolute Gasteiger partial charge is 0.501 e. The molecule has 0 unspecified atom stereocenters. The number of hydrogen-bond acceptors (Lipinski definition) is 8. The molecule has 0 aliphatic rings. The molecule has 0 aliphatic heterocycles. The Morgan fingerprint density at radius 3 is 2.29 bits per heavy atom. The summed E-state index contributed by atoms with van der Waals surface area (Å²) in [6.45, 7) is 0. The molecular formula is C15H10F3N5O4S. The smallest absolute Gasteiger partial charge is 0.313 e. The molecule has 0 fully saturated rings. The van der Waals surface area contributed by atoms with Crippen molar-refractivity contribution >= 4 is 21.8 Å². The lowest BCUT2D eigenvalue weighted by molar-refractivity contribution is -0.0436. The number of pyridine rings is 1. The number of hydrazine groups is 1. The Morgan fingerprint density at radius 2 is 1.68 bits per heavy atom. The van der Waals surface area contributed by atoms with Crippen molar-refractivity contribution in [3.8, 4) is 11.4 Å². The van der Waals surface area contributed by atoms with Crippen LogP contribution in [0.3, 0.4) is 0 Å². The number of carbonyl (C=O) groups excluding carboxylic acids is 1. The van der Waals surface area contributed by atoms with Gasteiger partial charge in [0.1, 0.15) is 0 Å². The van der Waals surface area contributed by atoms with Crippen LogP contribution in [0.2, 0.25) is 0 Å². The maximum Gasteiger partial charge on any atom is 0.501 e. The summed E-state index contributed by atoms with van der Waals surface area (Å²) in [5, 5.41) is 3.70. The van der Waals surface area contributed by atoms with Gasteiger partial charge in [-0.2, -0.15) is 18.2 Å². The Labute approximate surface area is 155 Å². The van der Waals surface area contributed by atoms with E-state index in [0.29, 0.717) is 17.7 Å². The van der Waals surface area contributed by atoms with Crippen molar-refractivity contribution in [1.29, 1.82) is 0 Å². The number of nitrogens with zero attached hydrogens (tertiary/aromatic N) is 3. The number of rotatable bonds is 5. The Morgan fingerprint density at radius 1 is 1.04 bits per heavy atom. The highest BCUT2D eigenvalue weighted by Crippen LogP contribution is 2.30. The Hall–Kier alpha value is -3.48. The lowest BCUT2D eigenvalue weighted by Gasteiger charge is -2.09. The average Bonchev–Trinajstić information content (AvgIpc) is 3.15. The highest BCUT2D eigenvalue weighted by Gasteiger charge is 2.46. The molecule has 0 spiro atoms. The minimum absolute atomic E-state index is 0.0949. The summed E-state index contributed by atoms with van der Waals surface area (Å²) in [7, 11) is -5.48. The third kappa shape index (κ3) is 3.93. The number of aromatic nitrogens is 3. The standard InChI is InChI=1S/C15H10F3N5O4S/c16-15(17,18)28(25,26)11-3-1-10(2-4-11)13(24)21-22-14-20-12(23-27-14)9-5-7-19-8-6-9/h1-8H,(H,21,24)(H,20,22,23). The van der Waals surface area contributed by atoms with E-state index in [0.717, 1.165) is 12.1 Å². The predicted molar refractivity (Wildman–Crippen MR) is 88.3 cm³/mol. The van der Waals surface area contributed by atoms with Crippen LogP contribution in [0.4, 0.5) is 19.2 Å². The molecular weight excluding hydrogens is 403 g/mol. The predicted octanol–water partition coefficient (Wildman–Crippen LogP) is 2.18. The van der Waals surface area contributed by atoms with Crippen LogP contribution in [0, 0.1) is 0 Å². The normalized spacial score (nSPS) is 11.8. The van der Waals surface area contributed by atoms with Crippen molar-refractivity contribution in [2.24, 2.45) is 0 Å². The molecule has 1 aromatic carbocycles. The summed E-state index contributed by atoms with van der Waals surface area (Å²) in [5.74, 6) is -0.527. The van der Waals surface area contributed by atoms with Gasteiger partial charge in [0, 0.05) is 23.5 Å². The number of anilines is 1. The molecule has 0 radical (unpaired) electrons. The molecule has 2 heterocycles. The summed E-state index contributed by atoms with van der Waals surface area (Å²) >= 11 is 0. The van der Waals surface area contributed by atoms with Crippen LogP contribution < -0.4 is 10.9 Å². The lowest BCUT2D eigenvalue weighted by atomic mass is 10.2. The molecule has 0 aliphatic carbocycles. The third-order valence-corrected chi connectivity index (χ3v) is 4.88. The first-order chi connectivity index (χ1) is 13.2. The van der Waals surface area contributed by atoms with Crippen LogP contribution in [0.5, 0.6) is 0 Å². The van der Waals surface area contributed by atoms with Crippen LogP contribution in [0.15, 0.2) is 58.2 Å². The summed E-state index contributed by atoms with van der Waals surface area (Å²) in [4.78, 5) is 18.9. The van der Waals surface area contributed by atoms with E-state index in [1.54, 1.807) is 12.1 Å². The van der Waals surface area contributed by atoms with Gasteiger partial charge in [-0.15, -0.1) is 0 Å². The first-order valence-electron chi connectivity index (χ1n) is 7.40. The molecule has 3 rings (SSSR count). The maximum atomic E-state index is 12.5. The number of carbonyl (C=O) groups is 1. The fourth-order valence-corrected chi connectivity index (χ4v) is 2.76. The quantitative estimate of drug-likeness (QED) is 0.610. The fraction of sp³-hybridized carbons (Fsp3) is 0.0667. The highest BCUT2D eigenvalue weighted by molar-refractivity contribution is 7.92. The van der Waals surface area contributed by atoms with E-state index >= 15 is 0 Å². The van der Waals surface area contributed by atoms with Gasteiger partial charge < -0.3 is 4.52 Å². The zero-order valence-corrected chi connectivity index (χ0v) is 14.5. The van der Waals surface area contributed by atoms with Crippen LogP contribution in [-0.2, 0) is 9.84 Å². The van der Waals surface area contributed by atoms with E-state index in [4.69, 9.17) is 4.52 Å². The van der Waals surface area contributed by atoms with Crippen molar-refractivity contribution in [2.45, 2.75) is 10.4 Å². The van der Waals surface area contributed by atoms with E-state index in [2.05, 4.69) is 26.0 Å². The molecule has 0 saturated heterocycles. The monoisotopic (exact) mass is 413 g/mol. The van der Waals surface area contributed by atoms with Gasteiger partial charge in [0.15, 0.2) is 0 Å². The van der Waals surface area contributed by atoms with Gasteiger partial charge in [0.25, 0.3) is 15.7 Å². The van der Waals surface area contributed by atoms with Crippen molar-refractivity contribution < 1.29 is 30.9 Å². The molecule has 13 heteroatoms. The minimum atomic E-state index is -5.48. The Balaban J connectivity index is 1.65. The second-order valence-corrected chi connectivity index (χ2v) is 7.15. The summed E-state index contributed by atoms with van der Waals surface area (Å²) in [6, 6.07) is 6.39. The number of hydrogen-bond donors (Lipinski definition) is 2. The number of halogens is 3. The second-order valence-electron chi connectivity index (χ2n) is 5.21. The van der Waals surface area contributed by atoms with Crippen LogP contribution in [-0.4, -0.2) is 35.0 Å². The van der Waals surface area contributed by atoms with Crippen LogP contribution in [0.25, 0.3) is 11.4 Å². The first-order valence-corrected chi connectivity index (χ1v) is 8.89. The number of amides is 1. The second kappa shape index (κ2) is 7.26. The highest BCUT2D eigenvalue weighted by atomic mass is 32.2. The summed E-state index contributed by atoms with van der Waals surface area (Å²) in [6.07, 6.45) is 3.06. The van der Waals surface area contributed by atoms with Crippen LogP contribution >= 0.6 is 0 Å². The SMILES string of the molecule is O=C(NNc1nc(-c2ccncc2)no1)c1ccc(S(=O)(=O)C(F)(F)F)cc1. The molecule has 0 saturated carbocycles.